The maximum absolute atomic E-state index is 12.0. The van der Waals surface area contributed by atoms with Gasteiger partial charge >= 0.3 is 18.0 Å². The summed E-state index contributed by atoms with van der Waals surface area (Å²) in [7, 11) is 0. The first-order valence-electron chi connectivity index (χ1n) is 7.63. The zero-order valence-electron chi connectivity index (χ0n) is 15.1. The topological polar surface area (TPSA) is 111 Å². The molecule has 1 atom stereocenters. The number of alkyl carbamates (subject to hydrolysis) is 1. The zero-order valence-corrected chi connectivity index (χ0v) is 15.1. The Morgan fingerprint density at radius 1 is 1.17 bits per heavy atom. The van der Waals surface area contributed by atoms with Gasteiger partial charge in [-0.2, -0.15) is 0 Å². The molecule has 0 bridgehead atoms. The molecule has 8 heteroatoms. The van der Waals surface area contributed by atoms with Gasteiger partial charge in [-0.05, 0) is 26.7 Å². The fourth-order valence-corrected chi connectivity index (χ4v) is 2.00. The normalized spacial score (nSPS) is 18.6. The average Bonchev–Trinajstić information content (AvgIpc) is 2.30. The highest BCUT2D eigenvalue weighted by Crippen LogP contribution is 2.26. The standard InChI is InChI=1S/C16H25NO7/c1-8(2)10(17-14(21)24-15(3,4)5)11(18)9-12(19)22-16(6,7)23-13(9)20/h8,10,18H,1-7H3,(H,17,21). The van der Waals surface area contributed by atoms with Crippen molar-refractivity contribution in [3.8, 4) is 0 Å². The molecule has 0 aromatic carbocycles. The van der Waals surface area contributed by atoms with Crippen LogP contribution in [0, 0.1) is 5.92 Å². The fourth-order valence-electron chi connectivity index (χ4n) is 2.00. The third-order valence-corrected chi connectivity index (χ3v) is 2.97. The van der Waals surface area contributed by atoms with Crippen LogP contribution >= 0.6 is 0 Å². The average molecular weight is 343 g/mol. The van der Waals surface area contributed by atoms with Crippen LogP contribution < -0.4 is 5.32 Å². The van der Waals surface area contributed by atoms with Crippen molar-refractivity contribution < 1.29 is 33.7 Å². The molecule has 136 valence electrons. The number of hydrogen-bond donors (Lipinski definition) is 2. The largest absolute Gasteiger partial charge is 0.509 e. The van der Waals surface area contributed by atoms with Crippen LogP contribution in [0.2, 0.25) is 0 Å². The van der Waals surface area contributed by atoms with Gasteiger partial charge < -0.3 is 24.6 Å². The van der Waals surface area contributed by atoms with E-state index in [4.69, 9.17) is 14.2 Å². The van der Waals surface area contributed by atoms with E-state index < -0.39 is 46.8 Å². The lowest BCUT2D eigenvalue weighted by molar-refractivity contribution is -0.222. The smallest absolute Gasteiger partial charge is 0.408 e. The van der Waals surface area contributed by atoms with Crippen molar-refractivity contribution in [1.82, 2.24) is 5.32 Å². The molecule has 1 fully saturated rings. The van der Waals surface area contributed by atoms with E-state index in [-0.39, 0.29) is 5.92 Å². The molecule has 0 radical (unpaired) electrons. The molecule has 8 nitrogen and oxygen atoms in total. The van der Waals surface area contributed by atoms with Crippen LogP contribution in [-0.2, 0) is 23.8 Å². The third-order valence-electron chi connectivity index (χ3n) is 2.97. The second kappa shape index (κ2) is 6.70. The van der Waals surface area contributed by atoms with Crippen molar-refractivity contribution in [3.63, 3.8) is 0 Å². The summed E-state index contributed by atoms with van der Waals surface area (Å²) in [5.74, 6) is -4.39. The van der Waals surface area contributed by atoms with Gasteiger partial charge in [0.05, 0.1) is 6.04 Å². The summed E-state index contributed by atoms with van der Waals surface area (Å²) < 4.78 is 15.0. The van der Waals surface area contributed by atoms with Gasteiger partial charge in [0.1, 0.15) is 11.4 Å². The SMILES string of the molecule is CC(C)C(NC(=O)OC(C)(C)C)C(O)=C1C(=O)OC(C)(C)OC1=O. The lowest BCUT2D eigenvalue weighted by Crippen LogP contribution is -2.47. The van der Waals surface area contributed by atoms with Crippen LogP contribution in [0.15, 0.2) is 11.3 Å². The number of hydrogen-bond acceptors (Lipinski definition) is 7. The summed E-state index contributed by atoms with van der Waals surface area (Å²) in [6, 6.07) is -1.02. The van der Waals surface area contributed by atoms with E-state index in [2.05, 4.69) is 5.32 Å². The van der Waals surface area contributed by atoms with E-state index in [1.807, 2.05) is 0 Å². The molecular weight excluding hydrogens is 318 g/mol. The Bertz CT molecular complexity index is 547. The van der Waals surface area contributed by atoms with Crippen LogP contribution in [0.5, 0.6) is 0 Å². The molecule has 0 aliphatic carbocycles. The number of carbonyl (C=O) groups is 3. The highest BCUT2D eigenvalue weighted by molar-refractivity contribution is 6.15. The van der Waals surface area contributed by atoms with Crippen molar-refractivity contribution >= 4 is 18.0 Å². The molecular formula is C16H25NO7. The molecule has 1 saturated heterocycles. The van der Waals surface area contributed by atoms with Gasteiger partial charge in [0.2, 0.25) is 0 Å². The molecule has 1 rings (SSSR count). The fraction of sp³-hybridized carbons (Fsp3) is 0.688. The summed E-state index contributed by atoms with van der Waals surface area (Å²) in [6.07, 6.45) is -0.786. The number of esters is 2. The van der Waals surface area contributed by atoms with E-state index in [1.54, 1.807) is 34.6 Å². The number of nitrogens with one attached hydrogen (secondary N) is 1. The number of aliphatic hydroxyl groups excluding tert-OH is 1. The molecule has 1 aliphatic rings. The number of aliphatic hydroxyl groups is 1. The monoisotopic (exact) mass is 343 g/mol. The highest BCUT2D eigenvalue weighted by atomic mass is 16.7. The first-order chi connectivity index (χ1) is 10.7. The Hall–Kier alpha value is -2.25. The van der Waals surface area contributed by atoms with Crippen LogP contribution in [0.1, 0.15) is 48.5 Å². The quantitative estimate of drug-likeness (QED) is 0.350. The maximum Gasteiger partial charge on any atom is 0.408 e. The van der Waals surface area contributed by atoms with Crippen LogP contribution in [-0.4, -0.2) is 40.6 Å². The van der Waals surface area contributed by atoms with Crippen molar-refractivity contribution in [2.24, 2.45) is 5.92 Å². The Labute approximate surface area is 141 Å². The summed E-state index contributed by atoms with van der Waals surface area (Å²) in [6.45, 7) is 11.3. The van der Waals surface area contributed by atoms with Gasteiger partial charge in [-0.25, -0.2) is 14.4 Å². The van der Waals surface area contributed by atoms with E-state index >= 15 is 0 Å². The molecule has 1 heterocycles. The first-order valence-corrected chi connectivity index (χ1v) is 7.63. The molecule has 1 amide bonds. The Morgan fingerprint density at radius 2 is 1.62 bits per heavy atom. The number of ether oxygens (including phenoxy) is 3. The van der Waals surface area contributed by atoms with Crippen molar-refractivity contribution in [1.29, 1.82) is 0 Å². The number of rotatable bonds is 3. The highest BCUT2D eigenvalue weighted by Gasteiger charge is 2.43. The van der Waals surface area contributed by atoms with Crippen molar-refractivity contribution in [3.05, 3.63) is 11.3 Å². The van der Waals surface area contributed by atoms with E-state index in [0.717, 1.165) is 0 Å². The lowest BCUT2D eigenvalue weighted by Gasteiger charge is -2.31. The van der Waals surface area contributed by atoms with Crippen molar-refractivity contribution in [2.75, 3.05) is 0 Å². The number of amides is 1. The van der Waals surface area contributed by atoms with Gasteiger partial charge in [-0.15, -0.1) is 0 Å². The Balaban J connectivity index is 3.09. The molecule has 0 aromatic heterocycles. The molecule has 2 N–H and O–H groups in total. The summed E-state index contributed by atoms with van der Waals surface area (Å²) >= 11 is 0. The minimum absolute atomic E-state index is 0.333. The molecule has 1 unspecified atom stereocenters. The number of carbonyl (C=O) groups excluding carboxylic acids is 3. The molecule has 24 heavy (non-hydrogen) atoms. The van der Waals surface area contributed by atoms with Gasteiger partial charge in [0.15, 0.2) is 5.57 Å². The number of cyclic esters (lactones) is 2. The molecule has 0 aromatic rings. The summed E-state index contributed by atoms with van der Waals surface area (Å²) in [5.41, 5.74) is -1.37. The van der Waals surface area contributed by atoms with Crippen molar-refractivity contribution in [2.45, 2.75) is 65.9 Å². The predicted octanol–water partition coefficient (Wildman–Crippen LogP) is 2.18. The van der Waals surface area contributed by atoms with E-state index in [1.165, 1.54) is 13.8 Å². The minimum atomic E-state index is -1.41. The van der Waals surface area contributed by atoms with Gasteiger partial charge in [-0.1, -0.05) is 13.8 Å². The van der Waals surface area contributed by atoms with Crippen LogP contribution in [0.25, 0.3) is 0 Å². The Kier molecular flexibility index (Phi) is 5.53. The van der Waals surface area contributed by atoms with Crippen LogP contribution in [0.3, 0.4) is 0 Å². The van der Waals surface area contributed by atoms with Gasteiger partial charge in [0.25, 0.3) is 5.79 Å². The maximum atomic E-state index is 12.0. The molecule has 0 spiro atoms. The molecule has 0 saturated carbocycles. The molecule has 1 aliphatic heterocycles. The lowest BCUT2D eigenvalue weighted by atomic mass is 9.98. The third kappa shape index (κ3) is 5.14. The summed E-state index contributed by atoms with van der Waals surface area (Å²) in [4.78, 5) is 36.0. The first kappa shape index (κ1) is 19.8. The van der Waals surface area contributed by atoms with Gasteiger partial charge in [0, 0.05) is 13.8 Å². The van der Waals surface area contributed by atoms with E-state index in [9.17, 15) is 19.5 Å². The minimum Gasteiger partial charge on any atom is -0.509 e. The Morgan fingerprint density at radius 3 is 2.00 bits per heavy atom. The summed E-state index contributed by atoms with van der Waals surface area (Å²) in [5, 5.41) is 12.8. The second-order valence-corrected chi connectivity index (χ2v) is 7.31. The predicted molar refractivity (Wildman–Crippen MR) is 83.9 cm³/mol. The second-order valence-electron chi connectivity index (χ2n) is 7.31. The zero-order chi connectivity index (χ0) is 18.9. The van der Waals surface area contributed by atoms with Crippen LogP contribution in [0.4, 0.5) is 4.79 Å². The van der Waals surface area contributed by atoms with E-state index in [0.29, 0.717) is 0 Å². The van der Waals surface area contributed by atoms with Gasteiger partial charge in [-0.3, -0.25) is 0 Å².